The third-order valence-corrected chi connectivity index (χ3v) is 4.76. The number of hydrogen-bond acceptors (Lipinski definition) is 5. The first kappa shape index (κ1) is 16.1. The molecule has 0 aromatic carbocycles. The highest BCUT2D eigenvalue weighted by molar-refractivity contribution is 5.08. The number of likely N-dealkylation sites (tertiary alicyclic amines) is 1. The first-order valence-electron chi connectivity index (χ1n) is 8.38. The van der Waals surface area contributed by atoms with Crippen molar-refractivity contribution in [2.45, 2.75) is 38.2 Å². The fraction of sp³-hybridized carbons (Fsp3) is 0.588. The second-order valence-corrected chi connectivity index (χ2v) is 6.27. The van der Waals surface area contributed by atoms with Crippen molar-refractivity contribution < 1.29 is 5.11 Å². The number of aromatic nitrogens is 4. The molecule has 2 aromatic rings. The van der Waals surface area contributed by atoms with Crippen LogP contribution in [0.25, 0.3) is 0 Å². The molecule has 23 heavy (non-hydrogen) atoms. The van der Waals surface area contributed by atoms with Gasteiger partial charge in [-0.05, 0) is 56.9 Å². The van der Waals surface area contributed by atoms with E-state index in [1.807, 2.05) is 30.1 Å². The van der Waals surface area contributed by atoms with Gasteiger partial charge < -0.3 is 14.6 Å². The van der Waals surface area contributed by atoms with Gasteiger partial charge in [0.05, 0.1) is 0 Å². The number of rotatable bonds is 6. The fourth-order valence-corrected chi connectivity index (χ4v) is 3.34. The summed E-state index contributed by atoms with van der Waals surface area (Å²) < 4.78 is 1.95. The van der Waals surface area contributed by atoms with Crippen LogP contribution in [0.15, 0.2) is 24.5 Å². The lowest BCUT2D eigenvalue weighted by Crippen LogP contribution is -2.34. The van der Waals surface area contributed by atoms with Crippen LogP contribution >= 0.6 is 0 Å². The standard InChI is InChI=1S/C17H25N5O/c1-21-16(13-23)19-20-17(21)15-6-10-22(11-7-15)9-3-5-14-4-2-8-18-12-14/h2,4,8,12,15,23H,3,5-7,9-11,13H2,1H3. The molecule has 0 unspecified atom stereocenters. The van der Waals surface area contributed by atoms with E-state index in [-0.39, 0.29) is 6.61 Å². The van der Waals surface area contributed by atoms with Crippen molar-refractivity contribution in [2.75, 3.05) is 19.6 Å². The van der Waals surface area contributed by atoms with Gasteiger partial charge in [-0.3, -0.25) is 4.98 Å². The van der Waals surface area contributed by atoms with Crippen LogP contribution < -0.4 is 0 Å². The molecule has 1 aliphatic rings. The molecule has 6 heteroatoms. The summed E-state index contributed by atoms with van der Waals surface area (Å²) in [6, 6.07) is 4.15. The van der Waals surface area contributed by atoms with Crippen LogP contribution in [0.5, 0.6) is 0 Å². The Hall–Kier alpha value is -1.79. The Morgan fingerprint density at radius 2 is 2.09 bits per heavy atom. The van der Waals surface area contributed by atoms with Crippen LogP contribution in [0.3, 0.4) is 0 Å². The van der Waals surface area contributed by atoms with E-state index in [1.165, 1.54) is 12.0 Å². The quantitative estimate of drug-likeness (QED) is 0.875. The monoisotopic (exact) mass is 315 g/mol. The second kappa shape index (κ2) is 7.66. The molecule has 0 amide bonds. The molecule has 1 aliphatic heterocycles. The fourth-order valence-electron chi connectivity index (χ4n) is 3.34. The van der Waals surface area contributed by atoms with Crippen molar-refractivity contribution in [1.29, 1.82) is 0 Å². The number of pyridine rings is 1. The van der Waals surface area contributed by atoms with Gasteiger partial charge in [-0.1, -0.05) is 6.07 Å². The van der Waals surface area contributed by atoms with Gasteiger partial charge in [0.15, 0.2) is 5.82 Å². The molecule has 1 saturated heterocycles. The molecule has 0 spiro atoms. The zero-order valence-corrected chi connectivity index (χ0v) is 13.7. The van der Waals surface area contributed by atoms with Gasteiger partial charge >= 0.3 is 0 Å². The van der Waals surface area contributed by atoms with E-state index in [0.717, 1.165) is 44.7 Å². The molecule has 1 N–H and O–H groups in total. The lowest BCUT2D eigenvalue weighted by Gasteiger charge is -2.31. The normalized spacial score (nSPS) is 16.8. The summed E-state index contributed by atoms with van der Waals surface area (Å²) >= 11 is 0. The van der Waals surface area contributed by atoms with Crippen LogP contribution in [0, 0.1) is 0 Å². The van der Waals surface area contributed by atoms with Crippen molar-refractivity contribution in [3.63, 3.8) is 0 Å². The first-order chi connectivity index (χ1) is 11.3. The number of aryl methyl sites for hydroxylation is 1. The molecular formula is C17H25N5O. The smallest absolute Gasteiger partial charge is 0.158 e. The van der Waals surface area contributed by atoms with Gasteiger partial charge in [0.1, 0.15) is 12.4 Å². The molecule has 3 rings (SSSR count). The third-order valence-electron chi connectivity index (χ3n) is 4.76. The molecule has 1 fully saturated rings. The minimum Gasteiger partial charge on any atom is -0.388 e. The Labute approximate surface area is 137 Å². The molecule has 2 aromatic heterocycles. The lowest BCUT2D eigenvalue weighted by molar-refractivity contribution is 0.205. The van der Waals surface area contributed by atoms with E-state index in [9.17, 15) is 5.11 Å². The Morgan fingerprint density at radius 3 is 2.74 bits per heavy atom. The molecule has 0 saturated carbocycles. The highest BCUT2D eigenvalue weighted by Gasteiger charge is 2.24. The Kier molecular flexibility index (Phi) is 5.35. The zero-order chi connectivity index (χ0) is 16.1. The summed E-state index contributed by atoms with van der Waals surface area (Å²) in [7, 11) is 1.95. The van der Waals surface area contributed by atoms with E-state index in [1.54, 1.807) is 0 Å². The van der Waals surface area contributed by atoms with Crippen LogP contribution in [-0.4, -0.2) is 49.4 Å². The molecule has 6 nitrogen and oxygen atoms in total. The van der Waals surface area contributed by atoms with Crippen molar-refractivity contribution in [2.24, 2.45) is 7.05 Å². The van der Waals surface area contributed by atoms with E-state index < -0.39 is 0 Å². The maximum atomic E-state index is 9.23. The number of piperidine rings is 1. The van der Waals surface area contributed by atoms with Crippen LogP contribution in [0.4, 0.5) is 0 Å². The summed E-state index contributed by atoms with van der Waals surface area (Å²) in [6.45, 7) is 3.32. The topological polar surface area (TPSA) is 67.1 Å². The molecule has 0 aliphatic carbocycles. The second-order valence-electron chi connectivity index (χ2n) is 6.27. The molecule has 3 heterocycles. The van der Waals surface area contributed by atoms with E-state index in [0.29, 0.717) is 11.7 Å². The number of aliphatic hydroxyl groups excluding tert-OH is 1. The molecule has 0 atom stereocenters. The Balaban J connectivity index is 1.44. The van der Waals surface area contributed by atoms with Crippen LogP contribution in [-0.2, 0) is 20.1 Å². The van der Waals surface area contributed by atoms with E-state index in [2.05, 4.69) is 26.1 Å². The van der Waals surface area contributed by atoms with Crippen LogP contribution in [0.1, 0.15) is 42.4 Å². The molecule has 124 valence electrons. The SMILES string of the molecule is Cn1c(CO)nnc1C1CCN(CCCc2cccnc2)CC1. The van der Waals surface area contributed by atoms with Crippen molar-refractivity contribution in [3.05, 3.63) is 41.7 Å². The van der Waals surface area contributed by atoms with Gasteiger partial charge in [-0.25, -0.2) is 0 Å². The summed E-state index contributed by atoms with van der Waals surface area (Å²) in [5.74, 6) is 2.13. The number of nitrogens with zero attached hydrogens (tertiary/aromatic N) is 5. The molecule has 0 bridgehead atoms. The van der Waals surface area contributed by atoms with Gasteiger partial charge in [0, 0.05) is 25.4 Å². The van der Waals surface area contributed by atoms with E-state index in [4.69, 9.17) is 0 Å². The van der Waals surface area contributed by atoms with Gasteiger partial charge in [-0.2, -0.15) is 0 Å². The predicted octanol–water partition coefficient (Wildman–Crippen LogP) is 1.51. The van der Waals surface area contributed by atoms with Crippen LogP contribution in [0.2, 0.25) is 0 Å². The minimum atomic E-state index is -0.0450. The highest BCUT2D eigenvalue weighted by atomic mass is 16.3. The van der Waals surface area contributed by atoms with Gasteiger partial charge in [-0.15, -0.1) is 10.2 Å². The number of aliphatic hydroxyl groups is 1. The van der Waals surface area contributed by atoms with Crippen molar-refractivity contribution in [3.8, 4) is 0 Å². The lowest BCUT2D eigenvalue weighted by atomic mass is 9.95. The Bertz CT molecular complexity index is 605. The summed E-state index contributed by atoms with van der Waals surface area (Å²) in [4.78, 5) is 6.70. The predicted molar refractivity (Wildman–Crippen MR) is 87.9 cm³/mol. The van der Waals surface area contributed by atoms with Crippen molar-refractivity contribution >= 4 is 0 Å². The first-order valence-corrected chi connectivity index (χ1v) is 8.38. The van der Waals surface area contributed by atoms with Gasteiger partial charge in [0.25, 0.3) is 0 Å². The number of hydrogen-bond donors (Lipinski definition) is 1. The average Bonchev–Trinajstić information content (AvgIpc) is 2.97. The largest absolute Gasteiger partial charge is 0.388 e. The Morgan fingerprint density at radius 1 is 1.26 bits per heavy atom. The summed E-state index contributed by atoms with van der Waals surface area (Å²) in [5.41, 5.74) is 1.32. The minimum absolute atomic E-state index is 0.0450. The van der Waals surface area contributed by atoms with E-state index >= 15 is 0 Å². The highest BCUT2D eigenvalue weighted by Crippen LogP contribution is 2.26. The summed E-state index contributed by atoms with van der Waals surface area (Å²) in [6.07, 6.45) is 8.28. The van der Waals surface area contributed by atoms with Gasteiger partial charge in [0.2, 0.25) is 0 Å². The molecule has 0 radical (unpaired) electrons. The summed E-state index contributed by atoms with van der Waals surface area (Å²) in [5, 5.41) is 17.5. The van der Waals surface area contributed by atoms with Crippen molar-refractivity contribution in [1.82, 2.24) is 24.6 Å². The molecular weight excluding hydrogens is 290 g/mol. The third kappa shape index (κ3) is 3.95. The maximum Gasteiger partial charge on any atom is 0.158 e. The average molecular weight is 315 g/mol. The zero-order valence-electron chi connectivity index (χ0n) is 13.7. The maximum absolute atomic E-state index is 9.23.